The Morgan fingerprint density at radius 2 is 2.09 bits per heavy atom. The van der Waals surface area contributed by atoms with Crippen molar-refractivity contribution in [2.75, 3.05) is 25.0 Å². The van der Waals surface area contributed by atoms with E-state index in [1.807, 2.05) is 19.3 Å². The van der Waals surface area contributed by atoms with E-state index in [2.05, 4.69) is 49.8 Å². The van der Waals surface area contributed by atoms with Gasteiger partial charge in [-0.15, -0.1) is 0 Å². The Bertz CT molecular complexity index is 644. The van der Waals surface area contributed by atoms with Crippen molar-refractivity contribution in [2.45, 2.75) is 45.7 Å². The zero-order chi connectivity index (χ0) is 16.2. The molecule has 3 rings (SSSR count). The molecule has 0 unspecified atom stereocenters. The van der Waals surface area contributed by atoms with Crippen LogP contribution in [0.3, 0.4) is 0 Å². The maximum atomic E-state index is 4.68. The Labute approximate surface area is 138 Å². The first kappa shape index (κ1) is 15.9. The van der Waals surface area contributed by atoms with Crippen LogP contribution in [0, 0.1) is 6.92 Å². The summed E-state index contributed by atoms with van der Waals surface area (Å²) in [5.41, 5.74) is 1.18. The first-order chi connectivity index (χ1) is 11.2. The van der Waals surface area contributed by atoms with Gasteiger partial charge in [0.2, 0.25) is 0 Å². The summed E-state index contributed by atoms with van der Waals surface area (Å²) in [5, 5.41) is 3.41. The number of anilines is 1. The fourth-order valence-corrected chi connectivity index (χ4v) is 3.17. The van der Waals surface area contributed by atoms with Crippen LogP contribution in [0.4, 0.5) is 5.82 Å². The topological polar surface area (TPSA) is 58.9 Å². The monoisotopic (exact) mass is 314 g/mol. The molecule has 1 fully saturated rings. The first-order valence-electron chi connectivity index (χ1n) is 8.44. The molecule has 0 aliphatic carbocycles. The standard InChI is InChI=1S/C17H26N6/c1-4-23-10-9-19-17(23)12-22(3)16-11-15(20-13(2)21-16)14-5-7-18-8-6-14/h9-11,14,18H,4-8,12H2,1-3H3. The van der Waals surface area contributed by atoms with Crippen molar-refractivity contribution in [3.63, 3.8) is 0 Å². The van der Waals surface area contributed by atoms with E-state index in [0.29, 0.717) is 5.92 Å². The smallest absolute Gasteiger partial charge is 0.132 e. The van der Waals surface area contributed by atoms with Crippen molar-refractivity contribution >= 4 is 5.82 Å². The minimum atomic E-state index is 0.544. The lowest BCUT2D eigenvalue weighted by atomic mass is 9.94. The predicted octanol–water partition coefficient (Wildman–Crippen LogP) is 2.10. The average molecular weight is 314 g/mol. The molecular formula is C17H26N6. The van der Waals surface area contributed by atoms with Crippen LogP contribution in [0.5, 0.6) is 0 Å². The number of imidazole rings is 1. The predicted molar refractivity (Wildman–Crippen MR) is 91.6 cm³/mol. The normalized spacial score (nSPS) is 15.8. The Morgan fingerprint density at radius 1 is 1.30 bits per heavy atom. The summed E-state index contributed by atoms with van der Waals surface area (Å²) in [4.78, 5) is 15.9. The number of piperidine rings is 1. The van der Waals surface area contributed by atoms with Crippen molar-refractivity contribution in [2.24, 2.45) is 0 Å². The van der Waals surface area contributed by atoms with Crippen LogP contribution in [0.25, 0.3) is 0 Å². The highest BCUT2D eigenvalue weighted by molar-refractivity contribution is 5.40. The molecule has 0 bridgehead atoms. The van der Waals surface area contributed by atoms with Crippen LogP contribution in [0.1, 0.15) is 43.0 Å². The molecule has 6 heteroatoms. The summed E-state index contributed by atoms with van der Waals surface area (Å²) in [6, 6.07) is 2.15. The Balaban J connectivity index is 1.79. The van der Waals surface area contributed by atoms with Gasteiger partial charge in [0.1, 0.15) is 17.5 Å². The van der Waals surface area contributed by atoms with E-state index in [4.69, 9.17) is 0 Å². The summed E-state index contributed by atoms with van der Waals surface area (Å²) in [7, 11) is 2.07. The Hall–Kier alpha value is -1.95. The first-order valence-corrected chi connectivity index (χ1v) is 8.44. The molecule has 0 atom stereocenters. The highest BCUT2D eigenvalue weighted by atomic mass is 15.2. The van der Waals surface area contributed by atoms with Crippen molar-refractivity contribution < 1.29 is 0 Å². The second-order valence-electron chi connectivity index (χ2n) is 6.21. The van der Waals surface area contributed by atoms with E-state index < -0.39 is 0 Å². The van der Waals surface area contributed by atoms with E-state index in [1.54, 1.807) is 0 Å². The quantitative estimate of drug-likeness (QED) is 0.916. The molecule has 0 aromatic carbocycles. The van der Waals surface area contributed by atoms with Gasteiger partial charge in [0, 0.05) is 43.7 Å². The molecule has 1 N–H and O–H groups in total. The van der Waals surface area contributed by atoms with Crippen LogP contribution in [-0.4, -0.2) is 39.7 Å². The molecule has 0 radical (unpaired) electrons. The minimum Gasteiger partial charge on any atom is -0.352 e. The molecule has 1 aliphatic heterocycles. The number of aromatic nitrogens is 4. The molecule has 2 aromatic rings. The van der Waals surface area contributed by atoms with E-state index in [9.17, 15) is 0 Å². The molecule has 6 nitrogen and oxygen atoms in total. The summed E-state index contributed by atoms with van der Waals surface area (Å²) in [6.45, 7) is 7.96. The maximum absolute atomic E-state index is 4.68. The zero-order valence-electron chi connectivity index (χ0n) is 14.3. The number of nitrogens with one attached hydrogen (secondary N) is 1. The number of aryl methyl sites for hydroxylation is 2. The molecule has 3 heterocycles. The minimum absolute atomic E-state index is 0.544. The molecule has 0 saturated carbocycles. The molecule has 2 aromatic heterocycles. The average Bonchev–Trinajstić information content (AvgIpc) is 3.02. The van der Waals surface area contributed by atoms with Crippen molar-refractivity contribution in [3.05, 3.63) is 35.8 Å². The highest BCUT2D eigenvalue weighted by Crippen LogP contribution is 2.26. The van der Waals surface area contributed by atoms with Gasteiger partial charge < -0.3 is 14.8 Å². The van der Waals surface area contributed by atoms with Gasteiger partial charge in [-0.3, -0.25) is 0 Å². The lowest BCUT2D eigenvalue weighted by molar-refractivity contribution is 0.452. The summed E-state index contributed by atoms with van der Waals surface area (Å²) < 4.78 is 2.16. The highest BCUT2D eigenvalue weighted by Gasteiger charge is 2.19. The molecule has 0 spiro atoms. The van der Waals surface area contributed by atoms with Gasteiger partial charge in [-0.05, 0) is 39.8 Å². The molecule has 23 heavy (non-hydrogen) atoms. The summed E-state index contributed by atoms with van der Waals surface area (Å²) in [6.07, 6.45) is 6.19. The Kier molecular flexibility index (Phi) is 4.91. The number of nitrogens with zero attached hydrogens (tertiary/aromatic N) is 5. The largest absolute Gasteiger partial charge is 0.352 e. The molecular weight excluding hydrogens is 288 g/mol. The van der Waals surface area contributed by atoms with Crippen molar-refractivity contribution in [1.29, 1.82) is 0 Å². The molecule has 124 valence electrons. The second kappa shape index (κ2) is 7.08. The van der Waals surface area contributed by atoms with Crippen LogP contribution in [0.2, 0.25) is 0 Å². The third kappa shape index (κ3) is 3.69. The number of hydrogen-bond donors (Lipinski definition) is 1. The lowest BCUT2D eigenvalue weighted by Crippen LogP contribution is -2.27. The van der Waals surface area contributed by atoms with Gasteiger partial charge in [-0.25, -0.2) is 15.0 Å². The molecule has 1 saturated heterocycles. The van der Waals surface area contributed by atoms with E-state index >= 15 is 0 Å². The second-order valence-corrected chi connectivity index (χ2v) is 6.21. The van der Waals surface area contributed by atoms with Gasteiger partial charge in [0.05, 0.1) is 6.54 Å². The van der Waals surface area contributed by atoms with Crippen LogP contribution < -0.4 is 10.2 Å². The summed E-state index contributed by atoms with van der Waals surface area (Å²) in [5.74, 6) is 3.44. The van der Waals surface area contributed by atoms with E-state index in [-0.39, 0.29) is 0 Å². The van der Waals surface area contributed by atoms with Crippen LogP contribution in [-0.2, 0) is 13.1 Å². The van der Waals surface area contributed by atoms with E-state index in [0.717, 1.165) is 56.5 Å². The fourth-order valence-electron chi connectivity index (χ4n) is 3.17. The van der Waals surface area contributed by atoms with Crippen molar-refractivity contribution in [3.8, 4) is 0 Å². The van der Waals surface area contributed by atoms with Gasteiger partial charge in [-0.2, -0.15) is 0 Å². The lowest BCUT2D eigenvalue weighted by Gasteiger charge is -2.24. The number of rotatable bonds is 5. The van der Waals surface area contributed by atoms with Gasteiger partial charge >= 0.3 is 0 Å². The Morgan fingerprint density at radius 3 is 2.83 bits per heavy atom. The van der Waals surface area contributed by atoms with Crippen molar-refractivity contribution in [1.82, 2.24) is 24.8 Å². The van der Waals surface area contributed by atoms with Crippen LogP contribution in [0.15, 0.2) is 18.5 Å². The van der Waals surface area contributed by atoms with E-state index in [1.165, 1.54) is 5.69 Å². The van der Waals surface area contributed by atoms with Crippen LogP contribution >= 0.6 is 0 Å². The van der Waals surface area contributed by atoms with Gasteiger partial charge in [0.15, 0.2) is 0 Å². The third-order valence-corrected chi connectivity index (χ3v) is 4.51. The molecule has 1 aliphatic rings. The maximum Gasteiger partial charge on any atom is 0.132 e. The third-order valence-electron chi connectivity index (χ3n) is 4.51. The number of hydrogen-bond acceptors (Lipinski definition) is 5. The SMILES string of the molecule is CCn1ccnc1CN(C)c1cc(C2CCNCC2)nc(C)n1. The fraction of sp³-hybridized carbons (Fsp3) is 0.588. The van der Waals surface area contributed by atoms with Gasteiger partial charge in [-0.1, -0.05) is 0 Å². The van der Waals surface area contributed by atoms with Gasteiger partial charge in [0.25, 0.3) is 0 Å². The zero-order valence-corrected chi connectivity index (χ0v) is 14.3. The molecule has 0 amide bonds. The summed E-state index contributed by atoms with van der Waals surface area (Å²) >= 11 is 0.